The number of rotatable bonds is 31. The zero-order valence-corrected chi connectivity index (χ0v) is 55.2. The van der Waals surface area contributed by atoms with Crippen LogP contribution in [-0.4, -0.2) is 195 Å². The third-order valence-corrected chi connectivity index (χ3v) is 18.9. The molecule has 0 unspecified atom stereocenters. The Hall–Kier alpha value is -10.4. The van der Waals surface area contributed by atoms with Crippen molar-refractivity contribution < 1.29 is 96.2 Å². The first-order valence-electron chi connectivity index (χ1n) is 33.0. The van der Waals surface area contributed by atoms with Gasteiger partial charge in [0.1, 0.15) is 56.1 Å². The summed E-state index contributed by atoms with van der Waals surface area (Å²) in [4.78, 5) is 187. The average Bonchev–Trinajstić information content (AvgIpc) is 1.61. The van der Waals surface area contributed by atoms with Crippen molar-refractivity contribution >= 4 is 87.8 Å². The fraction of sp³-hybridized carbons (Fsp3) is 0.478. The van der Waals surface area contributed by atoms with Gasteiger partial charge in [-0.15, -0.1) is 0 Å². The van der Waals surface area contributed by atoms with Crippen molar-refractivity contribution in [2.45, 2.75) is 158 Å². The number of ether oxygens (including phenoxy) is 3. The van der Waals surface area contributed by atoms with Crippen molar-refractivity contribution in [3.05, 3.63) is 110 Å². The minimum Gasteiger partial charge on any atom is -0.458 e. The Balaban J connectivity index is 0.699. The van der Waals surface area contributed by atoms with Crippen LogP contribution in [0, 0.1) is 12.7 Å². The maximum atomic E-state index is 15.6. The minimum atomic E-state index is -2.08. The number of nitrogens with zero attached hydrogens (tertiary/aromatic N) is 3. The molecule has 12 amide bonds. The third-order valence-electron chi connectivity index (χ3n) is 18.9. The number of imide groups is 1. The van der Waals surface area contributed by atoms with E-state index in [1.165, 1.54) is 10.6 Å². The van der Waals surface area contributed by atoms with E-state index in [0.717, 1.165) is 17.7 Å². The largest absolute Gasteiger partial charge is 0.458 e. The van der Waals surface area contributed by atoms with E-state index in [1.807, 2.05) is 0 Å². The van der Waals surface area contributed by atoms with Crippen LogP contribution in [-0.2, 0) is 108 Å². The third kappa shape index (κ3) is 16.7. The van der Waals surface area contributed by atoms with Crippen molar-refractivity contribution in [3.8, 4) is 11.4 Å². The second-order valence-corrected chi connectivity index (χ2v) is 25.6. The number of esters is 1. The molecule has 2 aliphatic carbocycles. The molecular weight excluding hydrogens is 1330 g/mol. The maximum absolute atomic E-state index is 15.6. The molecule has 0 spiro atoms. The number of aliphatic hydroxyl groups excluding tert-OH is 2. The van der Waals surface area contributed by atoms with Gasteiger partial charge in [-0.25, -0.2) is 14.2 Å². The molecule has 8 atom stereocenters. The number of hydrogen-bond donors (Lipinski definition) is 13. The number of aryl methyl sites for hydroxylation is 1. The van der Waals surface area contributed by atoms with Crippen molar-refractivity contribution in [2.75, 3.05) is 46.0 Å². The Labute approximate surface area is 575 Å². The summed E-state index contributed by atoms with van der Waals surface area (Å²) < 4.78 is 34.0. The molecule has 101 heavy (non-hydrogen) atoms. The Bertz CT molecular complexity index is 4110. The summed E-state index contributed by atoms with van der Waals surface area (Å²) in [6, 6.07) is 7.99. The summed E-state index contributed by atoms with van der Waals surface area (Å²) in [5.41, 5.74) is 5.93. The highest BCUT2D eigenvalue weighted by atomic mass is 19.1. The van der Waals surface area contributed by atoms with Gasteiger partial charge < -0.3 is 87.7 Å². The second-order valence-electron chi connectivity index (χ2n) is 25.6. The van der Waals surface area contributed by atoms with Gasteiger partial charge in [-0.3, -0.25) is 67.2 Å². The smallest absolute Gasteiger partial charge is 0.343 e. The summed E-state index contributed by atoms with van der Waals surface area (Å²) in [5, 5.41) is 55.5. The standard InChI is InChI=1S/C67H78FN13O20/c1-3-67(98)38-21-44-59-36(29-80(44)64(96)37(38)31-99-65(67)97)58-40(11-10-35-33(2)39(68)22-42(79-59)57(35)58)76-50(85)24-66(17-7-18-66)100-32-75-52(87)27-74-63(95)43(20-34-8-5-4-6-9-34)78-53(88)28-72-51(86)26-73-62(94)41(77-49(84)16-19-70-54(89)30-81-55(90)14-15-56(81)91)12-13-48(83)71-25-46-61(93)60(92)45(101-46)23-47(69)82/h4-6,8-9,14-15,21-22,40-41,43,45-46,60-61,92-93,98H,3,7,10-13,16-20,23-32H2,1-2H3,(H2,69,82)(H,70,89)(H,71,83)(H,72,86)(H,73,94)(H,74,95)(H,75,87)(H,76,85)(H,77,84)(H,78,88)/t40-,41-,43-,45-,46+,60-,61+,67-/m0/s1. The van der Waals surface area contributed by atoms with Crippen molar-refractivity contribution in [1.82, 2.24) is 62.3 Å². The van der Waals surface area contributed by atoms with E-state index >= 15 is 4.39 Å². The van der Waals surface area contributed by atoms with Gasteiger partial charge in [0.25, 0.3) is 17.4 Å². The molecule has 0 bridgehead atoms. The molecule has 2 aromatic heterocycles. The first-order chi connectivity index (χ1) is 48.2. The molecule has 14 N–H and O–H groups in total. The van der Waals surface area contributed by atoms with E-state index in [0.29, 0.717) is 81.5 Å². The predicted molar refractivity (Wildman–Crippen MR) is 347 cm³/mol. The lowest BCUT2D eigenvalue weighted by molar-refractivity contribution is -0.172. The van der Waals surface area contributed by atoms with Crippen LogP contribution < -0.4 is 59.1 Å². The molecule has 4 aromatic rings. The molecule has 6 heterocycles. The van der Waals surface area contributed by atoms with Crippen LogP contribution >= 0.6 is 0 Å². The highest BCUT2D eigenvalue weighted by Crippen LogP contribution is 2.47. The first kappa shape index (κ1) is 73.3. The van der Waals surface area contributed by atoms with E-state index in [9.17, 15) is 82.4 Å². The minimum absolute atomic E-state index is 0.0419. The number of amides is 12. The fourth-order valence-electron chi connectivity index (χ4n) is 13.2. The lowest BCUT2D eigenvalue weighted by atomic mass is 9.77. The Morgan fingerprint density at radius 2 is 1.45 bits per heavy atom. The van der Waals surface area contributed by atoms with Crippen LogP contribution in [0.2, 0.25) is 0 Å². The van der Waals surface area contributed by atoms with Crippen LogP contribution in [0.4, 0.5) is 4.39 Å². The van der Waals surface area contributed by atoms with Crippen LogP contribution in [0.15, 0.2) is 59.4 Å². The molecule has 34 heteroatoms. The number of aromatic nitrogens is 2. The van der Waals surface area contributed by atoms with Crippen molar-refractivity contribution in [1.29, 1.82) is 0 Å². The van der Waals surface area contributed by atoms with E-state index in [4.69, 9.17) is 24.9 Å². The number of primary amides is 1. The molecule has 2 fully saturated rings. The van der Waals surface area contributed by atoms with E-state index < -0.39 is 182 Å². The Kier molecular flexibility index (Phi) is 22.8. The zero-order valence-electron chi connectivity index (χ0n) is 55.2. The molecule has 33 nitrogen and oxygen atoms in total. The number of cyclic esters (lactones) is 1. The van der Waals surface area contributed by atoms with Gasteiger partial charge in [-0.1, -0.05) is 37.3 Å². The molecule has 0 radical (unpaired) electrons. The van der Waals surface area contributed by atoms with Crippen LogP contribution in [0.3, 0.4) is 0 Å². The number of carbonyl (C=O) groups is 13. The molecular formula is C67H78FN13O20. The number of hydrogen-bond acceptors (Lipinski definition) is 21. The number of nitrogens with two attached hydrogens (primary N) is 1. The van der Waals surface area contributed by atoms with Crippen molar-refractivity contribution in [2.24, 2.45) is 5.73 Å². The summed E-state index contributed by atoms with van der Waals surface area (Å²) in [7, 11) is 0. The molecule has 1 saturated heterocycles. The highest BCUT2D eigenvalue weighted by molar-refractivity contribution is 6.14. The molecule has 4 aliphatic heterocycles. The fourth-order valence-corrected chi connectivity index (χ4v) is 13.2. The molecule has 538 valence electrons. The van der Waals surface area contributed by atoms with Crippen LogP contribution in [0.1, 0.15) is 116 Å². The van der Waals surface area contributed by atoms with Gasteiger partial charge in [-0.2, -0.15) is 0 Å². The zero-order chi connectivity index (χ0) is 72.6. The topological polar surface area (TPSA) is 483 Å². The normalized spacial score (nSPS) is 21.0. The van der Waals surface area contributed by atoms with Crippen molar-refractivity contribution in [3.63, 3.8) is 0 Å². The average molecular weight is 1400 g/mol. The van der Waals surface area contributed by atoms with Gasteiger partial charge in [0.2, 0.25) is 59.1 Å². The SMILES string of the molecule is CC[C@@]1(O)C(=O)OCc2c1cc1n(c2=O)Cc2c-1nc1cc(F)c(C)c3c1c2[C@@H](NC(=O)CC1(OCNC(=O)CNC(=O)[C@H](Cc2ccccc2)NC(=O)CNC(=O)CNC(=O)[C@H](CCC(=O)NC[C@H]2O[C@@H](CC(N)=O)[C@H](O)[C@@H]2O)NC(=O)CCNC(=O)CN2C(=O)C=CC2=O)CCC1)CC3. The number of carbonyl (C=O) groups excluding carboxylic acids is 13. The Morgan fingerprint density at radius 1 is 0.772 bits per heavy atom. The van der Waals surface area contributed by atoms with E-state index in [2.05, 4.69) is 47.9 Å². The summed E-state index contributed by atoms with van der Waals surface area (Å²) in [5.74, 6) is -10.5. The molecule has 6 aliphatic rings. The summed E-state index contributed by atoms with van der Waals surface area (Å²) >= 11 is 0. The monoisotopic (exact) mass is 1400 g/mol. The second kappa shape index (κ2) is 31.4. The van der Waals surface area contributed by atoms with Gasteiger partial charge in [-0.05, 0) is 80.2 Å². The summed E-state index contributed by atoms with van der Waals surface area (Å²) in [6.45, 7) is -0.728. The lowest BCUT2D eigenvalue weighted by Gasteiger charge is -2.41. The molecule has 10 rings (SSSR count). The van der Waals surface area contributed by atoms with Gasteiger partial charge in [0.15, 0.2) is 5.60 Å². The summed E-state index contributed by atoms with van der Waals surface area (Å²) in [6.07, 6.45) is -2.78. The first-order valence-corrected chi connectivity index (χ1v) is 33.0. The van der Waals surface area contributed by atoms with Gasteiger partial charge in [0, 0.05) is 67.1 Å². The van der Waals surface area contributed by atoms with Gasteiger partial charge >= 0.3 is 5.97 Å². The number of benzene rings is 2. The molecule has 2 aromatic carbocycles. The number of pyridine rings is 2. The highest BCUT2D eigenvalue weighted by Gasteiger charge is 2.47. The maximum Gasteiger partial charge on any atom is 0.343 e. The lowest BCUT2D eigenvalue weighted by Crippen LogP contribution is -2.53. The number of aliphatic hydroxyl groups is 3. The number of fused-ring (bicyclic) bond motifs is 5. The Morgan fingerprint density at radius 3 is 2.13 bits per heavy atom. The number of nitrogens with one attached hydrogen (secondary N) is 9. The van der Waals surface area contributed by atoms with E-state index in [1.54, 1.807) is 50.2 Å². The van der Waals surface area contributed by atoms with Gasteiger partial charge in [0.05, 0.1) is 79.2 Å². The predicted octanol–water partition coefficient (Wildman–Crippen LogP) is -3.71. The molecule has 1 saturated carbocycles. The quantitative estimate of drug-likeness (QED) is 0.0115. The van der Waals surface area contributed by atoms with E-state index in [-0.39, 0.29) is 75.7 Å². The van der Waals surface area contributed by atoms with Crippen LogP contribution in [0.5, 0.6) is 0 Å². The van der Waals surface area contributed by atoms with Crippen LogP contribution in [0.25, 0.3) is 22.3 Å². The number of halogens is 1.